The van der Waals surface area contributed by atoms with Crippen LogP contribution in [-0.4, -0.2) is 0 Å². The highest BCUT2D eigenvalue weighted by Crippen LogP contribution is 2.34. The summed E-state index contributed by atoms with van der Waals surface area (Å²) in [7, 11) is 0. The lowest BCUT2D eigenvalue weighted by molar-refractivity contribution is 0.254. The number of rotatable bonds is 9. The van der Waals surface area contributed by atoms with Crippen molar-refractivity contribution in [1.82, 2.24) is 0 Å². The lowest BCUT2D eigenvalue weighted by atomic mass is 9.78. The first kappa shape index (κ1) is 24.5. The van der Waals surface area contributed by atoms with Gasteiger partial charge in [-0.1, -0.05) is 62.1 Å². The molecule has 0 bridgehead atoms. The fourth-order valence-corrected chi connectivity index (χ4v) is 5.30. The minimum Gasteiger partial charge on any atom is -0.206 e. The molecule has 1 aliphatic rings. The molecule has 180 valence electrons. The van der Waals surface area contributed by atoms with Crippen LogP contribution in [0.25, 0.3) is 10.8 Å². The van der Waals surface area contributed by atoms with Gasteiger partial charge in [0, 0.05) is 5.39 Å². The average molecular weight is 469 g/mol. The van der Waals surface area contributed by atoms with Crippen LogP contribution in [0.15, 0.2) is 55.1 Å². The molecule has 0 amide bonds. The van der Waals surface area contributed by atoms with Crippen LogP contribution >= 0.6 is 0 Å². The topological polar surface area (TPSA) is 0 Å². The van der Waals surface area contributed by atoms with Crippen molar-refractivity contribution in [2.24, 2.45) is 11.8 Å². The van der Waals surface area contributed by atoms with Crippen LogP contribution in [0.5, 0.6) is 0 Å². The van der Waals surface area contributed by atoms with Gasteiger partial charge in [0.1, 0.15) is 5.82 Å². The normalized spacial score (nSPS) is 18.4. The van der Waals surface area contributed by atoms with Gasteiger partial charge in [0.2, 0.25) is 0 Å². The van der Waals surface area contributed by atoms with Crippen molar-refractivity contribution in [3.63, 3.8) is 0 Å². The van der Waals surface area contributed by atoms with Crippen molar-refractivity contribution in [2.75, 3.05) is 0 Å². The van der Waals surface area contributed by atoms with Crippen molar-refractivity contribution in [3.8, 4) is 0 Å². The summed E-state index contributed by atoms with van der Waals surface area (Å²) in [5, 5.41) is 1.42. The standard InChI is InChI=1S/C30H32F4/c1-2-3-4-20-5-7-21(8-6-20)9-10-22-12-16-26-25(17-22)15-14-24(29(26)33)13-11-23-18-27(31)30(34)28(32)19-23/h2,12,14-21H,1,3-11,13H2. The van der Waals surface area contributed by atoms with Gasteiger partial charge in [-0.15, -0.1) is 6.58 Å². The molecule has 0 N–H and O–H groups in total. The third-order valence-corrected chi connectivity index (χ3v) is 7.41. The van der Waals surface area contributed by atoms with Crippen LogP contribution in [0.3, 0.4) is 0 Å². The Bertz CT molecular complexity index is 1120. The van der Waals surface area contributed by atoms with Crippen molar-refractivity contribution >= 4 is 10.8 Å². The first-order valence-electron chi connectivity index (χ1n) is 12.4. The number of hydrogen-bond donors (Lipinski definition) is 0. The van der Waals surface area contributed by atoms with E-state index in [1.165, 1.54) is 44.1 Å². The van der Waals surface area contributed by atoms with Crippen LogP contribution < -0.4 is 0 Å². The Morgan fingerprint density at radius 3 is 2.06 bits per heavy atom. The Hall–Kier alpha value is -2.62. The summed E-state index contributed by atoms with van der Waals surface area (Å²) in [5.41, 5.74) is 2.02. The van der Waals surface area contributed by atoms with Crippen LogP contribution in [0.2, 0.25) is 0 Å². The average Bonchev–Trinajstić information content (AvgIpc) is 2.85. The van der Waals surface area contributed by atoms with Gasteiger partial charge in [0.05, 0.1) is 0 Å². The maximum Gasteiger partial charge on any atom is 0.194 e. The SMILES string of the molecule is C=CCCC1CCC(CCc2ccc3c(F)c(CCc4cc(F)c(F)c(F)c4)ccc3c2)CC1. The first-order valence-corrected chi connectivity index (χ1v) is 12.4. The Morgan fingerprint density at radius 2 is 1.38 bits per heavy atom. The third kappa shape index (κ3) is 5.89. The number of hydrogen-bond acceptors (Lipinski definition) is 0. The first-order chi connectivity index (χ1) is 16.4. The smallest absolute Gasteiger partial charge is 0.194 e. The quantitative estimate of drug-likeness (QED) is 0.167. The van der Waals surface area contributed by atoms with E-state index in [1.807, 2.05) is 24.3 Å². The van der Waals surface area contributed by atoms with Gasteiger partial charge in [-0.25, -0.2) is 17.6 Å². The predicted molar refractivity (Wildman–Crippen MR) is 131 cm³/mol. The maximum absolute atomic E-state index is 15.1. The van der Waals surface area contributed by atoms with Gasteiger partial charge in [0.15, 0.2) is 17.5 Å². The second-order valence-electron chi connectivity index (χ2n) is 9.76. The molecule has 0 nitrogen and oxygen atoms in total. The van der Waals surface area contributed by atoms with Gasteiger partial charge >= 0.3 is 0 Å². The van der Waals surface area contributed by atoms with E-state index in [-0.39, 0.29) is 18.7 Å². The molecule has 0 radical (unpaired) electrons. The van der Waals surface area contributed by atoms with Crippen molar-refractivity contribution < 1.29 is 17.6 Å². The van der Waals surface area contributed by atoms with Crippen LogP contribution in [-0.2, 0) is 19.3 Å². The Balaban J connectivity index is 1.36. The molecular formula is C30H32F4. The van der Waals surface area contributed by atoms with Crippen LogP contribution in [0.1, 0.15) is 61.6 Å². The van der Waals surface area contributed by atoms with Crippen molar-refractivity contribution in [2.45, 2.75) is 64.2 Å². The molecule has 0 unspecified atom stereocenters. The van der Waals surface area contributed by atoms with E-state index in [0.29, 0.717) is 16.5 Å². The lowest BCUT2D eigenvalue weighted by Crippen LogP contribution is -2.15. The summed E-state index contributed by atoms with van der Waals surface area (Å²) >= 11 is 0. The largest absolute Gasteiger partial charge is 0.206 e. The highest BCUT2D eigenvalue weighted by atomic mass is 19.2. The summed E-state index contributed by atoms with van der Waals surface area (Å²) < 4.78 is 55.1. The van der Waals surface area contributed by atoms with Crippen LogP contribution in [0.4, 0.5) is 17.6 Å². The number of halogens is 4. The summed E-state index contributed by atoms with van der Waals surface area (Å²) in [6, 6.07) is 11.5. The molecule has 4 heteroatoms. The number of fused-ring (bicyclic) bond motifs is 1. The van der Waals surface area contributed by atoms with E-state index in [2.05, 4.69) is 12.6 Å². The summed E-state index contributed by atoms with van der Waals surface area (Å²) in [6.07, 6.45) is 12.3. The van der Waals surface area contributed by atoms with Gasteiger partial charge in [-0.3, -0.25) is 0 Å². The highest BCUT2D eigenvalue weighted by Gasteiger charge is 2.20. The summed E-state index contributed by atoms with van der Waals surface area (Å²) in [6.45, 7) is 3.83. The molecule has 0 atom stereocenters. The van der Waals surface area contributed by atoms with E-state index in [4.69, 9.17) is 0 Å². The van der Waals surface area contributed by atoms with E-state index in [0.717, 1.165) is 42.2 Å². The molecular weight excluding hydrogens is 436 g/mol. The van der Waals surface area contributed by atoms with Gasteiger partial charge < -0.3 is 0 Å². The van der Waals surface area contributed by atoms with Crippen LogP contribution in [0, 0.1) is 35.1 Å². The fraction of sp³-hybridized carbons (Fsp3) is 0.400. The molecule has 0 saturated heterocycles. The Kier molecular flexibility index (Phi) is 8.07. The Labute approximate surface area is 199 Å². The number of aryl methyl sites for hydroxylation is 3. The molecule has 1 saturated carbocycles. The molecule has 0 spiro atoms. The second kappa shape index (κ2) is 11.2. The summed E-state index contributed by atoms with van der Waals surface area (Å²) in [5.74, 6) is -2.59. The van der Waals surface area contributed by atoms with Gasteiger partial charge in [-0.05, 0) is 84.6 Å². The zero-order valence-electron chi connectivity index (χ0n) is 19.6. The molecule has 3 aromatic rings. The molecule has 1 fully saturated rings. The monoisotopic (exact) mass is 468 g/mol. The minimum atomic E-state index is -1.48. The molecule has 1 aliphatic carbocycles. The van der Waals surface area contributed by atoms with E-state index >= 15 is 4.39 Å². The van der Waals surface area contributed by atoms with Crippen molar-refractivity contribution in [1.29, 1.82) is 0 Å². The number of benzene rings is 3. The second-order valence-corrected chi connectivity index (χ2v) is 9.76. The molecule has 4 rings (SSSR count). The van der Waals surface area contributed by atoms with E-state index < -0.39 is 17.5 Å². The molecule has 0 aromatic heterocycles. The molecule has 34 heavy (non-hydrogen) atoms. The van der Waals surface area contributed by atoms with Crippen molar-refractivity contribution in [3.05, 3.63) is 95.1 Å². The maximum atomic E-state index is 15.1. The zero-order valence-corrected chi connectivity index (χ0v) is 19.6. The van der Waals surface area contributed by atoms with E-state index in [9.17, 15) is 13.2 Å². The fourth-order valence-electron chi connectivity index (χ4n) is 5.30. The third-order valence-electron chi connectivity index (χ3n) is 7.41. The molecule has 0 heterocycles. The van der Waals surface area contributed by atoms with Gasteiger partial charge in [-0.2, -0.15) is 0 Å². The minimum absolute atomic E-state index is 0.227. The van der Waals surface area contributed by atoms with Gasteiger partial charge in [0.25, 0.3) is 0 Å². The molecule has 3 aromatic carbocycles. The Morgan fingerprint density at radius 1 is 0.706 bits per heavy atom. The highest BCUT2D eigenvalue weighted by molar-refractivity contribution is 5.84. The summed E-state index contributed by atoms with van der Waals surface area (Å²) in [4.78, 5) is 0. The predicted octanol–water partition coefficient (Wildman–Crippen LogP) is 8.89. The molecule has 0 aliphatic heterocycles. The van der Waals surface area contributed by atoms with E-state index in [1.54, 1.807) is 6.07 Å². The number of allylic oxidation sites excluding steroid dienone is 1. The lowest BCUT2D eigenvalue weighted by Gasteiger charge is -2.28. The zero-order chi connectivity index (χ0) is 24.1.